The highest BCUT2D eigenvalue weighted by Crippen LogP contribution is 2.30. The topological polar surface area (TPSA) is 69.6 Å². The van der Waals surface area contributed by atoms with E-state index in [0.29, 0.717) is 13.1 Å². The minimum Gasteiger partial charge on any atom is -0.389 e. The lowest BCUT2D eigenvalue weighted by Crippen LogP contribution is -2.43. The van der Waals surface area contributed by atoms with Gasteiger partial charge in [-0.05, 0) is 19.3 Å². The summed E-state index contributed by atoms with van der Waals surface area (Å²) in [5.41, 5.74) is -0.811. The van der Waals surface area contributed by atoms with Crippen LogP contribution < -0.4 is 5.32 Å². The molecular formula is C16H28N2O3. The van der Waals surface area contributed by atoms with Gasteiger partial charge < -0.3 is 15.3 Å². The Morgan fingerprint density at radius 1 is 1.29 bits per heavy atom. The smallest absolute Gasteiger partial charge is 0.225 e. The normalized spacial score (nSPS) is 25.1. The van der Waals surface area contributed by atoms with Crippen molar-refractivity contribution in [1.29, 1.82) is 0 Å². The molecule has 2 fully saturated rings. The van der Waals surface area contributed by atoms with Crippen molar-refractivity contribution < 1.29 is 14.7 Å². The molecule has 0 aromatic heterocycles. The van der Waals surface area contributed by atoms with Gasteiger partial charge in [0.25, 0.3) is 0 Å². The molecule has 1 saturated carbocycles. The number of carbonyl (C=O) groups excluding carboxylic acids is 2. The third-order valence-corrected chi connectivity index (χ3v) is 4.63. The molecule has 0 spiro atoms. The zero-order valence-corrected chi connectivity index (χ0v) is 13.2. The zero-order valence-electron chi connectivity index (χ0n) is 13.2. The molecule has 0 aromatic carbocycles. The second-order valence-corrected chi connectivity index (χ2v) is 6.95. The monoisotopic (exact) mass is 296 g/mol. The van der Waals surface area contributed by atoms with Crippen molar-refractivity contribution in [2.45, 2.75) is 70.4 Å². The number of carbonyl (C=O) groups is 2. The van der Waals surface area contributed by atoms with Crippen molar-refractivity contribution in [2.24, 2.45) is 5.92 Å². The van der Waals surface area contributed by atoms with Crippen LogP contribution in [-0.2, 0) is 9.59 Å². The summed E-state index contributed by atoms with van der Waals surface area (Å²) in [6, 6.07) is 0.0346. The van der Waals surface area contributed by atoms with Gasteiger partial charge in [-0.2, -0.15) is 0 Å². The second kappa shape index (κ2) is 6.77. The average Bonchev–Trinajstić information content (AvgIpc) is 2.86. The molecule has 5 heteroatoms. The molecule has 2 aliphatic rings. The molecule has 0 radical (unpaired) electrons. The summed E-state index contributed by atoms with van der Waals surface area (Å²) in [4.78, 5) is 25.9. The van der Waals surface area contributed by atoms with Gasteiger partial charge >= 0.3 is 0 Å². The fourth-order valence-electron chi connectivity index (χ4n) is 3.41. The van der Waals surface area contributed by atoms with Crippen LogP contribution in [0.4, 0.5) is 0 Å². The van der Waals surface area contributed by atoms with Crippen molar-refractivity contribution in [1.82, 2.24) is 10.2 Å². The van der Waals surface area contributed by atoms with Gasteiger partial charge in [-0.15, -0.1) is 0 Å². The largest absolute Gasteiger partial charge is 0.389 e. The maximum absolute atomic E-state index is 12.1. The Morgan fingerprint density at radius 2 is 1.95 bits per heavy atom. The van der Waals surface area contributed by atoms with E-state index in [0.717, 1.165) is 38.5 Å². The first kappa shape index (κ1) is 16.3. The average molecular weight is 296 g/mol. The van der Waals surface area contributed by atoms with Crippen molar-refractivity contribution in [3.63, 3.8) is 0 Å². The zero-order chi connectivity index (χ0) is 15.5. The van der Waals surface area contributed by atoms with Crippen LogP contribution in [0.25, 0.3) is 0 Å². The van der Waals surface area contributed by atoms with Crippen LogP contribution in [0.1, 0.15) is 58.8 Å². The highest BCUT2D eigenvalue weighted by Gasteiger charge is 2.34. The minimum atomic E-state index is -0.811. The van der Waals surface area contributed by atoms with Crippen molar-refractivity contribution >= 4 is 11.8 Å². The predicted molar refractivity (Wildman–Crippen MR) is 80.6 cm³/mol. The number of hydrogen-bond acceptors (Lipinski definition) is 3. The molecule has 1 atom stereocenters. The number of amides is 2. The first-order valence-electron chi connectivity index (χ1n) is 8.20. The first-order valence-corrected chi connectivity index (χ1v) is 8.20. The number of hydrogen-bond donors (Lipinski definition) is 2. The summed E-state index contributed by atoms with van der Waals surface area (Å²) in [5.74, 6) is 0.0725. The fraction of sp³-hybridized carbons (Fsp3) is 0.875. The summed E-state index contributed by atoms with van der Waals surface area (Å²) >= 11 is 0. The third-order valence-electron chi connectivity index (χ3n) is 4.63. The molecule has 1 heterocycles. The number of rotatable bonds is 4. The highest BCUT2D eigenvalue weighted by molar-refractivity contribution is 5.79. The van der Waals surface area contributed by atoms with Crippen molar-refractivity contribution in [2.75, 3.05) is 13.1 Å². The van der Waals surface area contributed by atoms with Crippen LogP contribution in [0.5, 0.6) is 0 Å². The molecule has 5 nitrogen and oxygen atoms in total. The fourth-order valence-corrected chi connectivity index (χ4v) is 3.41. The van der Waals surface area contributed by atoms with Gasteiger partial charge in [0.2, 0.25) is 11.8 Å². The molecule has 1 aliphatic heterocycles. The van der Waals surface area contributed by atoms with Gasteiger partial charge in [-0.3, -0.25) is 9.59 Å². The quantitative estimate of drug-likeness (QED) is 0.825. The van der Waals surface area contributed by atoms with Crippen LogP contribution in [-0.4, -0.2) is 46.6 Å². The molecule has 1 saturated heterocycles. The van der Waals surface area contributed by atoms with E-state index in [2.05, 4.69) is 5.32 Å². The van der Waals surface area contributed by atoms with E-state index >= 15 is 0 Å². The summed E-state index contributed by atoms with van der Waals surface area (Å²) < 4.78 is 0. The van der Waals surface area contributed by atoms with Gasteiger partial charge in [-0.1, -0.05) is 33.1 Å². The lowest BCUT2D eigenvalue weighted by molar-refractivity contribution is -0.134. The van der Waals surface area contributed by atoms with Crippen LogP contribution in [0.15, 0.2) is 0 Å². The number of nitrogens with one attached hydrogen (secondary N) is 1. The maximum atomic E-state index is 12.1. The molecule has 0 aromatic rings. The molecule has 0 bridgehead atoms. The van der Waals surface area contributed by atoms with E-state index in [-0.39, 0.29) is 30.2 Å². The molecule has 120 valence electrons. The molecule has 21 heavy (non-hydrogen) atoms. The summed E-state index contributed by atoms with van der Waals surface area (Å²) in [7, 11) is 0. The van der Waals surface area contributed by atoms with E-state index in [9.17, 15) is 14.7 Å². The number of likely N-dealkylation sites (tertiary alicyclic amines) is 1. The van der Waals surface area contributed by atoms with Crippen LogP contribution in [0.2, 0.25) is 0 Å². The van der Waals surface area contributed by atoms with Crippen LogP contribution in [0, 0.1) is 5.92 Å². The standard InChI is InChI=1S/C16H28N2O3/c1-12(2)15(20)18-9-6-13(11-18)17-14(19)10-16(21)7-4-3-5-8-16/h12-13,21H,3-11H2,1-2H3,(H,17,19). The van der Waals surface area contributed by atoms with E-state index in [1.807, 2.05) is 18.7 Å². The Kier molecular flexibility index (Phi) is 5.25. The Hall–Kier alpha value is -1.10. The molecule has 1 aliphatic carbocycles. The third kappa shape index (κ3) is 4.43. The van der Waals surface area contributed by atoms with Gasteiger partial charge in [0.1, 0.15) is 0 Å². The molecular weight excluding hydrogens is 268 g/mol. The Bertz CT molecular complexity index is 389. The van der Waals surface area contributed by atoms with Gasteiger partial charge in [0, 0.05) is 25.0 Å². The summed E-state index contributed by atoms with van der Waals surface area (Å²) in [6.07, 6.45) is 5.61. The Balaban J connectivity index is 1.77. The highest BCUT2D eigenvalue weighted by atomic mass is 16.3. The molecule has 2 N–H and O–H groups in total. The number of nitrogens with zero attached hydrogens (tertiary/aromatic N) is 1. The number of aliphatic hydroxyl groups is 1. The summed E-state index contributed by atoms with van der Waals surface area (Å²) in [5, 5.41) is 13.4. The first-order chi connectivity index (χ1) is 9.89. The van der Waals surface area contributed by atoms with Gasteiger partial charge in [0.05, 0.1) is 12.0 Å². The van der Waals surface area contributed by atoms with E-state index in [1.165, 1.54) is 0 Å². The van der Waals surface area contributed by atoms with Gasteiger partial charge in [-0.25, -0.2) is 0 Å². The van der Waals surface area contributed by atoms with E-state index in [4.69, 9.17) is 0 Å². The van der Waals surface area contributed by atoms with Crippen molar-refractivity contribution in [3.8, 4) is 0 Å². The molecule has 2 rings (SSSR count). The Morgan fingerprint density at radius 3 is 2.57 bits per heavy atom. The van der Waals surface area contributed by atoms with Crippen LogP contribution in [0.3, 0.4) is 0 Å². The lowest BCUT2D eigenvalue weighted by atomic mass is 9.82. The predicted octanol–water partition coefficient (Wildman–Crippen LogP) is 1.44. The summed E-state index contributed by atoms with van der Waals surface area (Å²) in [6.45, 7) is 5.10. The second-order valence-electron chi connectivity index (χ2n) is 6.95. The molecule has 2 amide bonds. The lowest BCUT2D eigenvalue weighted by Gasteiger charge is -2.31. The van der Waals surface area contributed by atoms with Gasteiger partial charge in [0.15, 0.2) is 0 Å². The maximum Gasteiger partial charge on any atom is 0.225 e. The minimum absolute atomic E-state index is 0.00222. The van der Waals surface area contributed by atoms with E-state index in [1.54, 1.807) is 0 Å². The Labute approximate surface area is 127 Å². The SMILES string of the molecule is CC(C)C(=O)N1CCC(NC(=O)CC2(O)CCCCC2)C1. The van der Waals surface area contributed by atoms with Crippen LogP contribution >= 0.6 is 0 Å². The van der Waals surface area contributed by atoms with E-state index < -0.39 is 5.60 Å². The van der Waals surface area contributed by atoms with Crippen molar-refractivity contribution in [3.05, 3.63) is 0 Å². The molecule has 1 unspecified atom stereocenters.